The van der Waals surface area contributed by atoms with E-state index in [0.717, 1.165) is 5.76 Å². The Morgan fingerprint density at radius 2 is 2.05 bits per heavy atom. The molecule has 3 N–H and O–H groups in total. The molecule has 0 atom stereocenters. The molecule has 114 valence electrons. The SMILES string of the molecule is COc1ccc(S(=O)(=O)NCc2ccc(C)o2)cc1CN. The van der Waals surface area contributed by atoms with Crippen LogP contribution in [0.4, 0.5) is 0 Å². The van der Waals surface area contributed by atoms with Crippen molar-refractivity contribution in [3.8, 4) is 5.75 Å². The fourth-order valence-electron chi connectivity index (χ4n) is 1.91. The van der Waals surface area contributed by atoms with Crippen molar-refractivity contribution in [2.75, 3.05) is 7.11 Å². The number of furan rings is 1. The van der Waals surface area contributed by atoms with E-state index in [-0.39, 0.29) is 18.0 Å². The quantitative estimate of drug-likeness (QED) is 0.844. The van der Waals surface area contributed by atoms with E-state index in [4.69, 9.17) is 14.9 Å². The second kappa shape index (κ2) is 6.30. The molecular weight excluding hydrogens is 292 g/mol. The molecule has 0 aliphatic carbocycles. The van der Waals surface area contributed by atoms with Gasteiger partial charge in [0, 0.05) is 12.1 Å². The molecule has 0 saturated heterocycles. The van der Waals surface area contributed by atoms with E-state index >= 15 is 0 Å². The summed E-state index contributed by atoms with van der Waals surface area (Å²) in [5, 5.41) is 0. The summed E-state index contributed by atoms with van der Waals surface area (Å²) in [4.78, 5) is 0.145. The van der Waals surface area contributed by atoms with Crippen LogP contribution in [0, 0.1) is 6.92 Å². The van der Waals surface area contributed by atoms with Gasteiger partial charge in [-0.05, 0) is 37.3 Å². The first kappa shape index (κ1) is 15.6. The van der Waals surface area contributed by atoms with Crippen molar-refractivity contribution < 1.29 is 17.6 Å². The van der Waals surface area contributed by atoms with E-state index in [2.05, 4.69) is 4.72 Å². The molecule has 0 amide bonds. The number of methoxy groups -OCH3 is 1. The third-order valence-electron chi connectivity index (χ3n) is 3.01. The zero-order valence-electron chi connectivity index (χ0n) is 11.9. The molecule has 6 nitrogen and oxygen atoms in total. The Hall–Kier alpha value is -1.83. The topological polar surface area (TPSA) is 94.6 Å². The van der Waals surface area contributed by atoms with Crippen molar-refractivity contribution in [3.05, 3.63) is 47.4 Å². The van der Waals surface area contributed by atoms with Crippen molar-refractivity contribution in [2.24, 2.45) is 5.73 Å². The number of hydrogen-bond donors (Lipinski definition) is 2. The van der Waals surface area contributed by atoms with Gasteiger partial charge in [0.25, 0.3) is 0 Å². The summed E-state index contributed by atoms with van der Waals surface area (Å²) >= 11 is 0. The van der Waals surface area contributed by atoms with Crippen LogP contribution in [0.1, 0.15) is 17.1 Å². The first-order valence-corrected chi connectivity index (χ1v) is 7.86. The van der Waals surface area contributed by atoms with Crippen LogP contribution >= 0.6 is 0 Å². The van der Waals surface area contributed by atoms with Gasteiger partial charge < -0.3 is 14.9 Å². The van der Waals surface area contributed by atoms with Crippen LogP contribution in [-0.4, -0.2) is 15.5 Å². The van der Waals surface area contributed by atoms with Gasteiger partial charge in [-0.1, -0.05) is 0 Å². The predicted molar refractivity (Wildman–Crippen MR) is 78.4 cm³/mol. The van der Waals surface area contributed by atoms with Gasteiger partial charge in [0.05, 0.1) is 18.6 Å². The number of ether oxygens (including phenoxy) is 1. The molecule has 21 heavy (non-hydrogen) atoms. The second-order valence-electron chi connectivity index (χ2n) is 4.51. The summed E-state index contributed by atoms with van der Waals surface area (Å²) in [6.45, 7) is 2.10. The minimum absolute atomic E-state index is 0.0974. The maximum absolute atomic E-state index is 12.2. The Morgan fingerprint density at radius 1 is 1.29 bits per heavy atom. The highest BCUT2D eigenvalue weighted by atomic mass is 32.2. The van der Waals surface area contributed by atoms with Crippen LogP contribution in [0.2, 0.25) is 0 Å². The Kier molecular flexibility index (Phi) is 4.66. The van der Waals surface area contributed by atoms with Crippen molar-refractivity contribution in [1.29, 1.82) is 0 Å². The van der Waals surface area contributed by atoms with Crippen LogP contribution in [0.25, 0.3) is 0 Å². The van der Waals surface area contributed by atoms with Crippen molar-refractivity contribution in [1.82, 2.24) is 4.72 Å². The molecule has 0 radical (unpaired) electrons. The highest BCUT2D eigenvalue weighted by Crippen LogP contribution is 2.22. The molecule has 0 spiro atoms. The molecule has 0 unspecified atom stereocenters. The summed E-state index contributed by atoms with van der Waals surface area (Å²) in [5.41, 5.74) is 6.23. The number of nitrogens with two attached hydrogens (primary N) is 1. The fraction of sp³-hybridized carbons (Fsp3) is 0.286. The third kappa shape index (κ3) is 3.63. The maximum atomic E-state index is 12.2. The lowest BCUT2D eigenvalue weighted by Crippen LogP contribution is -2.23. The Bertz CT molecular complexity index is 722. The van der Waals surface area contributed by atoms with Crippen LogP contribution in [0.5, 0.6) is 5.75 Å². The molecule has 0 saturated carbocycles. The molecule has 0 aliphatic rings. The Balaban J connectivity index is 2.19. The highest BCUT2D eigenvalue weighted by Gasteiger charge is 2.16. The molecule has 7 heteroatoms. The lowest BCUT2D eigenvalue weighted by atomic mass is 10.2. The smallest absolute Gasteiger partial charge is 0.240 e. The van der Waals surface area contributed by atoms with Crippen LogP contribution < -0.4 is 15.2 Å². The van der Waals surface area contributed by atoms with Gasteiger partial charge in [0.1, 0.15) is 17.3 Å². The molecule has 1 heterocycles. The number of rotatable bonds is 6. The van der Waals surface area contributed by atoms with E-state index in [1.165, 1.54) is 19.2 Å². The zero-order chi connectivity index (χ0) is 15.5. The van der Waals surface area contributed by atoms with E-state index < -0.39 is 10.0 Å². The van der Waals surface area contributed by atoms with Gasteiger partial charge >= 0.3 is 0 Å². The Labute approximate surface area is 124 Å². The van der Waals surface area contributed by atoms with Gasteiger partial charge in [-0.15, -0.1) is 0 Å². The van der Waals surface area contributed by atoms with Crippen molar-refractivity contribution in [3.63, 3.8) is 0 Å². The first-order chi connectivity index (χ1) is 9.96. The van der Waals surface area contributed by atoms with Crippen LogP contribution in [0.3, 0.4) is 0 Å². The van der Waals surface area contributed by atoms with E-state index in [9.17, 15) is 8.42 Å². The maximum Gasteiger partial charge on any atom is 0.240 e. The molecule has 1 aromatic carbocycles. The minimum atomic E-state index is -3.63. The number of nitrogens with one attached hydrogen (secondary N) is 1. The normalized spacial score (nSPS) is 11.6. The molecule has 0 fully saturated rings. The van der Waals surface area contributed by atoms with Crippen LogP contribution in [-0.2, 0) is 23.1 Å². The van der Waals surface area contributed by atoms with E-state index in [1.54, 1.807) is 25.1 Å². The number of sulfonamides is 1. The molecule has 2 rings (SSSR count). The summed E-state index contributed by atoms with van der Waals surface area (Å²) in [6.07, 6.45) is 0. The van der Waals surface area contributed by atoms with Crippen molar-refractivity contribution in [2.45, 2.75) is 24.9 Å². The average molecular weight is 310 g/mol. The van der Waals surface area contributed by atoms with Crippen molar-refractivity contribution >= 4 is 10.0 Å². The average Bonchev–Trinajstić information content (AvgIpc) is 2.90. The Morgan fingerprint density at radius 3 is 2.62 bits per heavy atom. The highest BCUT2D eigenvalue weighted by molar-refractivity contribution is 7.89. The monoisotopic (exact) mass is 310 g/mol. The largest absolute Gasteiger partial charge is 0.496 e. The number of hydrogen-bond acceptors (Lipinski definition) is 5. The number of aryl methyl sites for hydroxylation is 1. The van der Waals surface area contributed by atoms with Crippen LogP contribution in [0.15, 0.2) is 39.6 Å². The third-order valence-corrected chi connectivity index (χ3v) is 4.41. The lowest BCUT2D eigenvalue weighted by molar-refractivity contribution is 0.409. The molecular formula is C14H18N2O4S. The molecule has 1 aromatic heterocycles. The number of benzene rings is 1. The predicted octanol–water partition coefficient (Wildman–Crippen LogP) is 1.53. The summed E-state index contributed by atoms with van der Waals surface area (Å²) in [5.74, 6) is 1.86. The zero-order valence-corrected chi connectivity index (χ0v) is 12.7. The fourth-order valence-corrected chi connectivity index (χ4v) is 2.95. The molecule has 2 aromatic rings. The first-order valence-electron chi connectivity index (χ1n) is 6.38. The summed E-state index contributed by atoms with van der Waals surface area (Å²) in [7, 11) is -2.11. The molecule has 0 bridgehead atoms. The second-order valence-corrected chi connectivity index (χ2v) is 6.28. The van der Waals surface area contributed by atoms with E-state index in [1.807, 2.05) is 0 Å². The molecule has 0 aliphatic heterocycles. The minimum Gasteiger partial charge on any atom is -0.496 e. The lowest BCUT2D eigenvalue weighted by Gasteiger charge is -2.10. The summed E-state index contributed by atoms with van der Waals surface area (Å²) in [6, 6.07) is 8.09. The summed E-state index contributed by atoms with van der Waals surface area (Å²) < 4.78 is 37.4. The van der Waals surface area contributed by atoms with Gasteiger partial charge in [0.15, 0.2) is 0 Å². The van der Waals surface area contributed by atoms with E-state index in [0.29, 0.717) is 17.1 Å². The van der Waals surface area contributed by atoms with Gasteiger partial charge in [0.2, 0.25) is 10.0 Å². The van der Waals surface area contributed by atoms with Gasteiger partial charge in [-0.3, -0.25) is 0 Å². The van der Waals surface area contributed by atoms with Gasteiger partial charge in [-0.2, -0.15) is 0 Å². The van der Waals surface area contributed by atoms with Gasteiger partial charge in [-0.25, -0.2) is 13.1 Å². The standard InChI is InChI=1S/C14H18N2O4S/c1-10-3-4-12(20-10)9-16-21(17,18)13-5-6-14(19-2)11(7-13)8-15/h3-7,16H,8-9,15H2,1-2H3.